The molecular weight excluding hydrogens is 296 g/mol. The molecule has 0 saturated heterocycles. The van der Waals surface area contributed by atoms with Gasteiger partial charge >= 0.3 is 10.1 Å². The van der Waals surface area contributed by atoms with Crippen LogP contribution in [-0.4, -0.2) is 8.42 Å². The smallest absolute Gasteiger partial charge is 0.340 e. The molecule has 0 aromatic heterocycles. The van der Waals surface area contributed by atoms with E-state index in [1.807, 2.05) is 48.5 Å². The monoisotopic (exact) mass is 304 g/mol. The van der Waals surface area contributed by atoms with Crippen LogP contribution in [0.3, 0.4) is 0 Å². The van der Waals surface area contributed by atoms with Crippen LogP contribution in [0.5, 0.6) is 5.75 Å². The van der Waals surface area contributed by atoms with E-state index in [2.05, 4.69) is 0 Å². The molecule has 4 heteroatoms. The average Bonchev–Trinajstić information content (AvgIpc) is 2.56. The van der Waals surface area contributed by atoms with E-state index in [1.54, 1.807) is 0 Å². The topological polar surface area (TPSA) is 43.4 Å². The van der Waals surface area contributed by atoms with E-state index >= 15 is 0 Å². The van der Waals surface area contributed by atoms with Gasteiger partial charge in [-0.1, -0.05) is 48.5 Å². The second-order valence-electron chi connectivity index (χ2n) is 5.85. The van der Waals surface area contributed by atoms with Crippen molar-refractivity contribution in [1.29, 1.82) is 0 Å². The molecule has 2 aliphatic rings. The van der Waals surface area contributed by atoms with Crippen LogP contribution in [0, 0.1) is 0 Å². The maximum atomic E-state index is 12.6. The summed E-state index contributed by atoms with van der Waals surface area (Å²) < 4.78 is 30.7. The van der Waals surface area contributed by atoms with Crippen molar-refractivity contribution in [3.8, 4) is 5.75 Å². The summed E-state index contributed by atoms with van der Waals surface area (Å²) >= 11 is 0. The van der Waals surface area contributed by atoms with Gasteiger partial charge in [0.05, 0.1) is 0 Å². The Morgan fingerprint density at radius 2 is 0.955 bits per heavy atom. The predicted molar refractivity (Wildman–Crippen MR) is 86.7 cm³/mol. The summed E-state index contributed by atoms with van der Waals surface area (Å²) in [6.07, 6.45) is 0. The number of hydrogen-bond acceptors (Lipinski definition) is 3. The molecule has 7 aromatic carbocycles. The van der Waals surface area contributed by atoms with Crippen LogP contribution in [0.2, 0.25) is 0 Å². The minimum Gasteiger partial charge on any atom is -0.378 e. The Labute approximate surface area is 125 Å². The summed E-state index contributed by atoms with van der Waals surface area (Å²) in [5.74, 6) is 0.488. The molecule has 7 aromatic rings. The molecule has 104 valence electrons. The van der Waals surface area contributed by atoms with E-state index in [4.69, 9.17) is 4.18 Å². The lowest BCUT2D eigenvalue weighted by Gasteiger charge is -2.26. The Bertz CT molecular complexity index is 1220. The summed E-state index contributed by atoms with van der Waals surface area (Å²) in [4.78, 5) is 0.329. The maximum Gasteiger partial charge on any atom is 0.340 e. The third-order valence-corrected chi connectivity index (χ3v) is 6.07. The molecule has 0 unspecified atom stereocenters. The molecule has 0 radical (unpaired) electrons. The highest BCUT2D eigenvalue weighted by Gasteiger charge is 2.36. The molecule has 6 bridgehead atoms. The fraction of sp³-hybridized carbons (Fsp3) is 0. The van der Waals surface area contributed by atoms with E-state index < -0.39 is 10.1 Å². The molecule has 2 heterocycles. The van der Waals surface area contributed by atoms with E-state index in [0.717, 1.165) is 43.1 Å². The minimum absolute atomic E-state index is 0.329. The van der Waals surface area contributed by atoms with Crippen molar-refractivity contribution in [2.45, 2.75) is 4.90 Å². The quantitative estimate of drug-likeness (QED) is 0.317. The third kappa shape index (κ3) is 1.00. The largest absolute Gasteiger partial charge is 0.378 e. The van der Waals surface area contributed by atoms with Gasteiger partial charge in [0.2, 0.25) is 0 Å². The van der Waals surface area contributed by atoms with Gasteiger partial charge in [-0.3, -0.25) is 0 Å². The first-order chi connectivity index (χ1) is 10.6. The summed E-state index contributed by atoms with van der Waals surface area (Å²) in [6, 6.07) is 16.0. The van der Waals surface area contributed by atoms with Crippen molar-refractivity contribution in [1.82, 2.24) is 0 Å². The molecule has 22 heavy (non-hydrogen) atoms. The van der Waals surface area contributed by atoms with Gasteiger partial charge in [-0.05, 0) is 21.5 Å². The zero-order valence-corrected chi connectivity index (χ0v) is 12.1. The average molecular weight is 304 g/mol. The molecule has 0 spiro atoms. The lowest BCUT2D eigenvalue weighted by atomic mass is 9.91. The van der Waals surface area contributed by atoms with Crippen molar-refractivity contribution in [2.75, 3.05) is 0 Å². The number of fused-ring (bicyclic) bond motifs is 5. The molecule has 0 atom stereocenters. The lowest BCUT2D eigenvalue weighted by Crippen LogP contribution is -2.18. The van der Waals surface area contributed by atoms with Gasteiger partial charge in [0.1, 0.15) is 4.90 Å². The van der Waals surface area contributed by atoms with Gasteiger partial charge in [0, 0.05) is 21.5 Å². The van der Waals surface area contributed by atoms with Crippen LogP contribution in [0.4, 0.5) is 0 Å². The van der Waals surface area contributed by atoms with Gasteiger partial charge in [-0.2, -0.15) is 8.42 Å². The second kappa shape index (κ2) is 3.10. The van der Waals surface area contributed by atoms with Crippen molar-refractivity contribution in [3.63, 3.8) is 0 Å². The number of rotatable bonds is 0. The summed E-state index contributed by atoms with van der Waals surface area (Å²) in [6.45, 7) is 0. The zero-order valence-electron chi connectivity index (χ0n) is 11.3. The normalized spacial score (nSPS) is 16.4. The number of benzene rings is 7. The predicted octanol–water partition coefficient (Wildman–Crippen LogP) is 4.26. The van der Waals surface area contributed by atoms with Crippen molar-refractivity contribution >= 4 is 53.2 Å². The molecule has 0 saturated carbocycles. The highest BCUT2D eigenvalue weighted by molar-refractivity contribution is 7.87. The van der Waals surface area contributed by atoms with Crippen LogP contribution < -0.4 is 4.18 Å². The summed E-state index contributed by atoms with van der Waals surface area (Å²) in [5.41, 5.74) is 0. The first-order valence-corrected chi connectivity index (χ1v) is 8.46. The van der Waals surface area contributed by atoms with Crippen molar-refractivity contribution in [2.24, 2.45) is 0 Å². The van der Waals surface area contributed by atoms with Crippen LogP contribution in [0.15, 0.2) is 53.4 Å². The highest BCUT2D eigenvalue weighted by Crippen LogP contribution is 2.53. The van der Waals surface area contributed by atoms with Crippen LogP contribution in [0.25, 0.3) is 43.1 Å². The molecule has 3 nitrogen and oxygen atoms in total. The Morgan fingerprint density at radius 3 is 1.36 bits per heavy atom. The van der Waals surface area contributed by atoms with Crippen molar-refractivity contribution < 1.29 is 12.6 Å². The van der Waals surface area contributed by atoms with Crippen LogP contribution >= 0.6 is 0 Å². The second-order valence-corrected chi connectivity index (χ2v) is 7.33. The number of hydrogen-bond donors (Lipinski definition) is 0. The SMILES string of the molecule is O=S1(=O)Oc2c3c4ccc(cc4)c3c1c1c3ccc(cc3)c21. The van der Waals surface area contributed by atoms with E-state index in [9.17, 15) is 8.42 Å². The van der Waals surface area contributed by atoms with Gasteiger partial charge in [-0.25, -0.2) is 0 Å². The molecule has 0 aliphatic carbocycles. The third-order valence-electron chi connectivity index (χ3n) is 4.78. The molecule has 0 amide bonds. The van der Waals surface area contributed by atoms with E-state index in [0.29, 0.717) is 10.6 Å². The molecule has 9 rings (SSSR count). The Kier molecular flexibility index (Phi) is 1.56. The zero-order chi connectivity index (χ0) is 14.6. The Balaban J connectivity index is 2.16. The summed E-state index contributed by atoms with van der Waals surface area (Å²) in [5, 5.41) is 7.37. The fourth-order valence-electron chi connectivity index (χ4n) is 3.90. The molecule has 0 fully saturated rings. The standard InChI is InChI=1S/C18H8O3S/c19-22(20)18-15-11-5-1-9(2-6-11)13(15)17(21-22)14-10-3-7-12(8-4-10)16(14)18/h1-8H. The molecule has 2 aliphatic heterocycles. The van der Waals surface area contributed by atoms with Gasteiger partial charge in [0.15, 0.2) is 5.75 Å². The Morgan fingerprint density at radius 1 is 0.591 bits per heavy atom. The maximum absolute atomic E-state index is 12.6. The molecule has 0 N–H and O–H groups in total. The van der Waals surface area contributed by atoms with Gasteiger partial charge in [-0.15, -0.1) is 0 Å². The Hall–Kier alpha value is -2.59. The minimum atomic E-state index is -3.75. The lowest BCUT2D eigenvalue weighted by molar-refractivity contribution is 0.489. The van der Waals surface area contributed by atoms with Gasteiger partial charge in [0.25, 0.3) is 0 Å². The molecular formula is C18H8O3S. The fourth-order valence-corrected chi connectivity index (χ4v) is 5.31. The van der Waals surface area contributed by atoms with E-state index in [-0.39, 0.29) is 0 Å². The first kappa shape index (κ1) is 11.0. The summed E-state index contributed by atoms with van der Waals surface area (Å²) in [7, 11) is -3.75. The van der Waals surface area contributed by atoms with Crippen LogP contribution in [0.1, 0.15) is 0 Å². The van der Waals surface area contributed by atoms with Gasteiger partial charge < -0.3 is 4.18 Å². The first-order valence-electron chi connectivity index (χ1n) is 7.05. The van der Waals surface area contributed by atoms with Crippen LogP contribution in [-0.2, 0) is 10.1 Å². The van der Waals surface area contributed by atoms with Crippen molar-refractivity contribution in [3.05, 3.63) is 48.5 Å². The highest BCUT2D eigenvalue weighted by atomic mass is 32.2. The van der Waals surface area contributed by atoms with E-state index in [1.165, 1.54) is 0 Å².